The Morgan fingerprint density at radius 2 is 1.23 bits per heavy atom. The van der Waals surface area contributed by atoms with Crippen LogP contribution >= 0.6 is 0 Å². The normalized spacial score (nSPS) is 11.6. The summed E-state index contributed by atoms with van der Waals surface area (Å²) in [5.74, 6) is 1.42. The topological polar surface area (TPSA) is 96.1 Å². The fourth-order valence-corrected chi connectivity index (χ4v) is 3.74. The summed E-state index contributed by atoms with van der Waals surface area (Å²) in [5, 5.41) is 19.6. The van der Waals surface area contributed by atoms with Crippen molar-refractivity contribution in [2.75, 3.05) is 0 Å². The largest absolute Gasteiger partial charge is 0.323 e. The van der Waals surface area contributed by atoms with Crippen molar-refractivity contribution in [3.05, 3.63) is 56.5 Å². The molecule has 35 heavy (non-hydrogen) atoms. The Bertz CT molecular complexity index is 736. The van der Waals surface area contributed by atoms with Crippen molar-refractivity contribution in [2.24, 2.45) is 6.99 Å². The van der Waals surface area contributed by atoms with E-state index in [0.717, 1.165) is 18.4 Å². The van der Waals surface area contributed by atoms with Crippen LogP contribution in [0.5, 0.6) is 0 Å². The fourth-order valence-electron chi connectivity index (χ4n) is 1.91. The minimum atomic E-state index is -0.492. The molecule has 0 heterocycles. The van der Waals surface area contributed by atoms with Gasteiger partial charge >= 0.3 is 90.7 Å². The van der Waals surface area contributed by atoms with Gasteiger partial charge < -0.3 is 16.6 Å². The van der Waals surface area contributed by atoms with E-state index in [9.17, 15) is 10.1 Å². The van der Waals surface area contributed by atoms with E-state index in [4.69, 9.17) is 0 Å². The quantitative estimate of drug-likeness (QED) is 0.121. The van der Waals surface area contributed by atoms with Crippen LogP contribution < -0.4 is 0 Å². The first-order valence-electron chi connectivity index (χ1n) is 12.5. The minimum absolute atomic E-state index is 0.0894. The zero-order valence-electron chi connectivity index (χ0n) is 24.4. The number of benzene rings is 1. The second-order valence-electron chi connectivity index (χ2n) is 10.8. The predicted molar refractivity (Wildman–Crippen MR) is 147 cm³/mol. The molecule has 0 aromatic heterocycles. The molecule has 0 aliphatic rings. The van der Waals surface area contributed by atoms with Crippen LogP contribution in [0.1, 0.15) is 115 Å². The summed E-state index contributed by atoms with van der Waals surface area (Å²) in [5.41, 5.74) is 1.28. The molecule has 1 aromatic rings. The van der Waals surface area contributed by atoms with Crippen molar-refractivity contribution in [3.63, 3.8) is 0 Å². The molecular formula is C27H50MoN5O2-3. The van der Waals surface area contributed by atoms with Crippen molar-refractivity contribution < 1.29 is 23.1 Å². The van der Waals surface area contributed by atoms with Crippen LogP contribution in [0, 0.1) is 16.0 Å². The Balaban J connectivity index is 0. The third-order valence-electron chi connectivity index (χ3n) is 4.59. The Hall–Kier alpha value is -1.17. The summed E-state index contributed by atoms with van der Waals surface area (Å²) in [6.45, 7) is 27.3. The third kappa shape index (κ3) is 20.7. The van der Waals surface area contributed by atoms with Crippen LogP contribution in [-0.4, -0.2) is 28.1 Å². The first-order chi connectivity index (χ1) is 16.0. The summed E-state index contributed by atoms with van der Waals surface area (Å²) >= 11 is -0.492. The Kier molecular flexibility index (Phi) is 18.6. The predicted octanol–water partition coefficient (Wildman–Crippen LogP) is 9.59. The molecule has 8 heteroatoms. The average molecular weight is 573 g/mol. The third-order valence-corrected chi connectivity index (χ3v) is 7.42. The summed E-state index contributed by atoms with van der Waals surface area (Å²) < 4.78 is 9.34. The van der Waals surface area contributed by atoms with Crippen molar-refractivity contribution >= 4 is 5.69 Å². The fraction of sp³-hybridized carbons (Fsp3) is 0.741. The molecule has 0 unspecified atom stereocenters. The summed E-state index contributed by atoms with van der Waals surface area (Å²) in [7, 11) is 0. The van der Waals surface area contributed by atoms with Crippen molar-refractivity contribution in [3.8, 4) is 0 Å². The molecule has 0 radical (unpaired) electrons. The van der Waals surface area contributed by atoms with Crippen LogP contribution in [-0.2, 0) is 18.2 Å². The molecule has 0 atom stereocenters. The van der Waals surface area contributed by atoms with Gasteiger partial charge in [0.2, 0.25) is 0 Å². The maximum atomic E-state index is 10.6. The van der Waals surface area contributed by atoms with E-state index in [1.54, 1.807) is 12.1 Å². The van der Waals surface area contributed by atoms with Crippen LogP contribution in [0.25, 0.3) is 10.6 Å². The molecule has 204 valence electrons. The molecule has 0 aliphatic heterocycles. The zero-order chi connectivity index (χ0) is 27.8. The van der Waals surface area contributed by atoms with Gasteiger partial charge in [-0.15, -0.1) is 12.1 Å². The van der Waals surface area contributed by atoms with Crippen LogP contribution in [0.2, 0.25) is 0 Å². The van der Waals surface area contributed by atoms with Gasteiger partial charge in [-0.05, 0) is 0 Å². The second kappa shape index (κ2) is 18.1. The smallest absolute Gasteiger partial charge is 0.189 e. The van der Waals surface area contributed by atoms with E-state index in [0.29, 0.717) is 0 Å². The first kappa shape index (κ1) is 36.0. The Morgan fingerprint density at radius 3 is 1.49 bits per heavy atom. The van der Waals surface area contributed by atoms with Crippen molar-refractivity contribution in [2.45, 2.75) is 132 Å². The molecule has 1 aromatic carbocycles. The number of hydrogen-bond acceptors (Lipinski definition) is 4. The van der Waals surface area contributed by atoms with E-state index in [2.05, 4.69) is 79.9 Å². The summed E-state index contributed by atoms with van der Waals surface area (Å²) in [4.78, 5) is 10.2. The molecule has 0 fully saturated rings. The van der Waals surface area contributed by atoms with Gasteiger partial charge in [0.15, 0.2) is 0 Å². The maximum Gasteiger partial charge on any atom is -0.189 e. The van der Waals surface area contributed by atoms with Crippen molar-refractivity contribution in [1.29, 1.82) is 0 Å². The van der Waals surface area contributed by atoms with E-state index in [1.807, 2.05) is 27.7 Å². The van der Waals surface area contributed by atoms with Gasteiger partial charge in [-0.3, -0.25) is 10.1 Å². The van der Waals surface area contributed by atoms with E-state index < -0.39 is 23.1 Å². The van der Waals surface area contributed by atoms with E-state index in [1.165, 1.54) is 18.1 Å². The minimum Gasteiger partial charge on any atom is -0.323 e. The number of nitrogens with zero attached hydrogens (tertiary/aromatic N) is 5. The van der Waals surface area contributed by atoms with Gasteiger partial charge in [0, 0.05) is 12.1 Å². The van der Waals surface area contributed by atoms with Gasteiger partial charge in [0.1, 0.15) is 0 Å². The van der Waals surface area contributed by atoms with Gasteiger partial charge in [-0.25, -0.2) is 6.17 Å². The molecule has 0 spiro atoms. The number of rotatable bonds is 10. The Labute approximate surface area is 224 Å². The van der Waals surface area contributed by atoms with Crippen molar-refractivity contribution in [1.82, 2.24) is 0 Å². The van der Waals surface area contributed by atoms with E-state index >= 15 is 0 Å². The van der Waals surface area contributed by atoms with Gasteiger partial charge in [0.05, 0.1) is 4.92 Å². The van der Waals surface area contributed by atoms with E-state index in [-0.39, 0.29) is 35.0 Å². The maximum absolute atomic E-state index is 10.6. The summed E-state index contributed by atoms with van der Waals surface area (Å²) in [6, 6.07) is 6.78. The van der Waals surface area contributed by atoms with Crippen LogP contribution in [0.4, 0.5) is 5.69 Å². The molecule has 0 aliphatic carbocycles. The molecule has 0 amide bonds. The SMILES string of the molecule is CC(C)[N-]C([N-]C(C)C)c1ccc([N+](=O)[O-])cc1.CCC(C)(C)[N]=[Mo]=[N]C(C)(C)CC.C[C-](C)C. The number of nitro groups is 1. The first-order valence-corrected chi connectivity index (χ1v) is 14.3. The molecule has 1 rings (SSSR count). The van der Waals surface area contributed by atoms with Gasteiger partial charge in [-0.2, -0.15) is 20.8 Å². The molecule has 0 bridgehead atoms. The molecular weight excluding hydrogens is 522 g/mol. The Morgan fingerprint density at radius 1 is 0.886 bits per heavy atom. The van der Waals surface area contributed by atoms with Gasteiger partial charge in [0.25, 0.3) is 5.69 Å². The number of hydrogen-bond donors (Lipinski definition) is 0. The van der Waals surface area contributed by atoms with Crippen LogP contribution in [0.15, 0.2) is 31.3 Å². The number of nitro benzene ring substituents is 1. The molecule has 0 saturated carbocycles. The monoisotopic (exact) mass is 574 g/mol. The molecule has 0 saturated heterocycles. The zero-order valence-corrected chi connectivity index (χ0v) is 26.4. The van der Waals surface area contributed by atoms with Crippen LogP contribution in [0.3, 0.4) is 0 Å². The number of non-ortho nitro benzene ring substituents is 1. The molecule has 0 N–H and O–H groups in total. The second-order valence-corrected chi connectivity index (χ2v) is 12.1. The average Bonchev–Trinajstić information content (AvgIpc) is 2.72. The van der Waals surface area contributed by atoms with Gasteiger partial charge in [-0.1, -0.05) is 45.4 Å². The standard InChI is InChI=1S/C13H19N3O2.2C5H11N.C4H9.Mo/c1-9(2)14-13(15-10(3)4)11-5-7-12(8-6-11)16(17)18;2*1-4-5(2,3)6;1-4(2)3;/h5-10,13H,1-4H3;2*4H2,1-3H3;1-3H3;/q-2;;;-1;. The molecule has 7 nitrogen and oxygen atoms in total. The summed E-state index contributed by atoms with van der Waals surface area (Å²) in [6.07, 6.45) is 1.98.